The van der Waals surface area contributed by atoms with Crippen molar-refractivity contribution in [2.75, 3.05) is 19.0 Å². The lowest BCUT2D eigenvalue weighted by Crippen LogP contribution is -2.11. The fourth-order valence-corrected chi connectivity index (χ4v) is 3.55. The Morgan fingerprint density at radius 2 is 1.77 bits per heavy atom. The van der Waals surface area contributed by atoms with Crippen molar-refractivity contribution in [3.05, 3.63) is 24.3 Å². The van der Waals surface area contributed by atoms with Crippen LogP contribution < -0.4 is 10.1 Å². The smallest absolute Gasteiger partial charge is 0.224 e. The lowest BCUT2D eigenvalue weighted by atomic mass is 10.0. The number of hydrogen-bond donors (Lipinski definition) is 1. The first kappa shape index (κ1) is 20.8. The van der Waals surface area contributed by atoms with Gasteiger partial charge in [-0.1, -0.05) is 57.1 Å². The summed E-state index contributed by atoms with van der Waals surface area (Å²) in [7, 11) is 1.62. The van der Waals surface area contributed by atoms with Gasteiger partial charge in [0.2, 0.25) is 5.91 Å². The van der Waals surface area contributed by atoms with E-state index < -0.39 is 0 Å². The van der Waals surface area contributed by atoms with Crippen LogP contribution in [0.15, 0.2) is 24.3 Å². The zero-order chi connectivity index (χ0) is 18.5. The molecule has 1 saturated heterocycles. The Morgan fingerprint density at radius 3 is 2.46 bits per heavy atom. The van der Waals surface area contributed by atoms with Crippen molar-refractivity contribution in [2.45, 2.75) is 83.2 Å². The van der Waals surface area contributed by atoms with Gasteiger partial charge in [-0.3, -0.25) is 4.79 Å². The van der Waals surface area contributed by atoms with Crippen molar-refractivity contribution in [1.82, 2.24) is 0 Å². The van der Waals surface area contributed by atoms with Crippen LogP contribution in [0.5, 0.6) is 5.75 Å². The van der Waals surface area contributed by atoms with Crippen molar-refractivity contribution in [3.8, 4) is 5.75 Å². The zero-order valence-electron chi connectivity index (χ0n) is 16.3. The monoisotopic (exact) mass is 361 g/mol. The number of carbonyl (C=O) groups is 1. The summed E-state index contributed by atoms with van der Waals surface area (Å²) in [5.41, 5.74) is 0.753. The third-order valence-electron chi connectivity index (χ3n) is 5.08. The number of hydrogen-bond acceptors (Lipinski definition) is 3. The maximum atomic E-state index is 12.0. The molecule has 1 fully saturated rings. The molecule has 4 heteroatoms. The molecule has 1 amide bonds. The molecule has 0 aromatic heterocycles. The molecule has 4 nitrogen and oxygen atoms in total. The van der Waals surface area contributed by atoms with Gasteiger partial charge in [0.25, 0.3) is 0 Å². The summed E-state index contributed by atoms with van der Waals surface area (Å²) >= 11 is 0. The number of methoxy groups -OCH3 is 1. The van der Waals surface area contributed by atoms with E-state index in [0.717, 1.165) is 25.1 Å². The minimum absolute atomic E-state index is 0.0728. The number of ether oxygens (including phenoxy) is 2. The first-order chi connectivity index (χ1) is 12.8. The standard InChI is InChI=1S/C22H35NO3/c1-25-21-16-11-10-15-20(21)23-22(24)17-9-7-5-3-2-4-6-8-13-19-14-12-18-26-19/h10-11,15-16,19H,2-9,12-14,17-18H2,1H3,(H,23,24)/t19-/m1/s1. The third-order valence-corrected chi connectivity index (χ3v) is 5.08. The summed E-state index contributed by atoms with van der Waals surface area (Å²) in [6.07, 6.45) is 14.8. The van der Waals surface area contributed by atoms with Crippen LogP contribution >= 0.6 is 0 Å². The lowest BCUT2D eigenvalue weighted by molar-refractivity contribution is -0.116. The summed E-state index contributed by atoms with van der Waals surface area (Å²) < 4.78 is 10.9. The summed E-state index contributed by atoms with van der Waals surface area (Å²) in [6, 6.07) is 7.53. The Kier molecular flexibility index (Phi) is 10.2. The number of para-hydroxylation sites is 2. The van der Waals surface area contributed by atoms with E-state index in [4.69, 9.17) is 9.47 Å². The number of unbranched alkanes of at least 4 members (excludes halogenated alkanes) is 7. The van der Waals surface area contributed by atoms with E-state index in [1.54, 1.807) is 7.11 Å². The number of anilines is 1. The lowest BCUT2D eigenvalue weighted by Gasteiger charge is -2.09. The quantitative estimate of drug-likeness (QED) is 0.458. The number of nitrogens with one attached hydrogen (secondary N) is 1. The van der Waals surface area contributed by atoms with Crippen LogP contribution in [-0.2, 0) is 9.53 Å². The second-order valence-electron chi connectivity index (χ2n) is 7.25. The topological polar surface area (TPSA) is 47.6 Å². The number of rotatable bonds is 13. The summed E-state index contributed by atoms with van der Waals surface area (Å²) in [4.78, 5) is 12.0. The van der Waals surface area contributed by atoms with E-state index >= 15 is 0 Å². The molecular weight excluding hydrogens is 326 g/mol. The molecule has 0 bridgehead atoms. The van der Waals surface area contributed by atoms with Gasteiger partial charge in [-0.25, -0.2) is 0 Å². The number of carbonyl (C=O) groups excluding carboxylic acids is 1. The third kappa shape index (κ3) is 8.22. The molecule has 1 aliphatic rings. The molecular formula is C22H35NO3. The molecule has 1 aromatic carbocycles. The average Bonchev–Trinajstić information content (AvgIpc) is 3.17. The maximum absolute atomic E-state index is 12.0. The molecule has 0 radical (unpaired) electrons. The highest BCUT2D eigenvalue weighted by Crippen LogP contribution is 2.23. The summed E-state index contributed by atoms with van der Waals surface area (Å²) in [5.74, 6) is 0.781. The molecule has 2 rings (SSSR count). The molecule has 0 saturated carbocycles. The molecule has 1 N–H and O–H groups in total. The Balaban J connectivity index is 1.41. The predicted molar refractivity (Wildman–Crippen MR) is 107 cm³/mol. The fourth-order valence-electron chi connectivity index (χ4n) is 3.55. The van der Waals surface area contributed by atoms with Gasteiger partial charge in [0.15, 0.2) is 0 Å². The normalized spacial score (nSPS) is 16.6. The van der Waals surface area contributed by atoms with Crippen molar-refractivity contribution in [2.24, 2.45) is 0 Å². The van der Waals surface area contributed by atoms with E-state index in [0.29, 0.717) is 18.3 Å². The minimum atomic E-state index is 0.0728. The molecule has 146 valence electrons. The molecule has 26 heavy (non-hydrogen) atoms. The van der Waals surface area contributed by atoms with Gasteiger partial charge in [-0.15, -0.1) is 0 Å². The first-order valence-electron chi connectivity index (χ1n) is 10.3. The van der Waals surface area contributed by atoms with Crippen molar-refractivity contribution >= 4 is 11.6 Å². The molecule has 1 heterocycles. The Morgan fingerprint density at radius 1 is 1.08 bits per heavy atom. The summed E-state index contributed by atoms with van der Waals surface area (Å²) in [6.45, 7) is 0.974. The second kappa shape index (κ2) is 12.7. The van der Waals surface area contributed by atoms with Gasteiger partial charge in [-0.2, -0.15) is 0 Å². The number of amides is 1. The van der Waals surface area contributed by atoms with Crippen LogP contribution in [0.3, 0.4) is 0 Å². The average molecular weight is 362 g/mol. The van der Waals surface area contributed by atoms with Crippen molar-refractivity contribution in [3.63, 3.8) is 0 Å². The molecule has 0 spiro atoms. The maximum Gasteiger partial charge on any atom is 0.224 e. The SMILES string of the molecule is COc1ccccc1NC(=O)CCCCCCCCCC[C@@H]1CCCO1. The summed E-state index contributed by atoms with van der Waals surface area (Å²) in [5, 5.41) is 2.94. The highest BCUT2D eigenvalue weighted by molar-refractivity contribution is 5.92. The predicted octanol–water partition coefficient (Wildman–Crippen LogP) is 5.71. The molecule has 1 atom stereocenters. The van der Waals surface area contributed by atoms with Crippen molar-refractivity contribution < 1.29 is 14.3 Å². The van der Waals surface area contributed by atoms with Crippen LogP contribution in [0.4, 0.5) is 5.69 Å². The Hall–Kier alpha value is -1.55. The minimum Gasteiger partial charge on any atom is -0.495 e. The van der Waals surface area contributed by atoms with E-state index in [1.807, 2.05) is 24.3 Å². The van der Waals surface area contributed by atoms with Gasteiger partial charge >= 0.3 is 0 Å². The van der Waals surface area contributed by atoms with Crippen LogP contribution in [0.25, 0.3) is 0 Å². The molecule has 0 unspecified atom stereocenters. The van der Waals surface area contributed by atoms with Gasteiger partial charge in [-0.05, 0) is 37.8 Å². The van der Waals surface area contributed by atoms with Gasteiger partial charge < -0.3 is 14.8 Å². The van der Waals surface area contributed by atoms with E-state index in [9.17, 15) is 4.79 Å². The fraction of sp³-hybridized carbons (Fsp3) is 0.682. The van der Waals surface area contributed by atoms with Crippen molar-refractivity contribution in [1.29, 1.82) is 0 Å². The molecule has 1 aliphatic heterocycles. The van der Waals surface area contributed by atoms with Gasteiger partial charge in [0.05, 0.1) is 18.9 Å². The number of benzene rings is 1. The molecule has 1 aromatic rings. The van der Waals surface area contributed by atoms with E-state index in [1.165, 1.54) is 57.8 Å². The Labute approximate surface area is 158 Å². The van der Waals surface area contributed by atoms with Gasteiger partial charge in [0.1, 0.15) is 5.75 Å². The Bertz CT molecular complexity index is 512. The largest absolute Gasteiger partial charge is 0.495 e. The second-order valence-corrected chi connectivity index (χ2v) is 7.25. The van der Waals surface area contributed by atoms with Crippen LogP contribution in [0.2, 0.25) is 0 Å². The highest BCUT2D eigenvalue weighted by atomic mass is 16.5. The first-order valence-corrected chi connectivity index (χ1v) is 10.3. The van der Waals surface area contributed by atoms with E-state index in [2.05, 4.69) is 5.32 Å². The van der Waals surface area contributed by atoms with Gasteiger partial charge in [0, 0.05) is 13.0 Å². The van der Waals surface area contributed by atoms with Crippen LogP contribution in [0.1, 0.15) is 77.0 Å². The zero-order valence-corrected chi connectivity index (χ0v) is 16.3. The highest BCUT2D eigenvalue weighted by Gasteiger charge is 2.14. The van der Waals surface area contributed by atoms with Crippen LogP contribution in [0, 0.1) is 0 Å². The molecule has 0 aliphatic carbocycles. The van der Waals surface area contributed by atoms with E-state index in [-0.39, 0.29) is 5.91 Å². The van der Waals surface area contributed by atoms with Crippen LogP contribution in [-0.4, -0.2) is 25.7 Å².